The van der Waals surface area contributed by atoms with Crippen LogP contribution in [0.3, 0.4) is 0 Å². The summed E-state index contributed by atoms with van der Waals surface area (Å²) in [5.74, 6) is -1.92. The highest BCUT2D eigenvalue weighted by Crippen LogP contribution is 2.56. The van der Waals surface area contributed by atoms with Crippen molar-refractivity contribution in [3.05, 3.63) is 64.3 Å². The van der Waals surface area contributed by atoms with Crippen LogP contribution >= 0.6 is 11.6 Å². The minimum atomic E-state index is -0.608. The molecule has 3 aromatic rings. The number of nitrogens with zero attached hydrogens (tertiary/aromatic N) is 3. The van der Waals surface area contributed by atoms with Crippen molar-refractivity contribution in [1.82, 2.24) is 14.6 Å². The van der Waals surface area contributed by atoms with E-state index in [2.05, 4.69) is 10.1 Å². The minimum Gasteiger partial charge on any atom is -0.232 e. The van der Waals surface area contributed by atoms with E-state index >= 15 is 0 Å². The second-order valence-electron chi connectivity index (χ2n) is 5.35. The van der Waals surface area contributed by atoms with Gasteiger partial charge in [-0.05, 0) is 36.0 Å². The first-order valence-corrected chi connectivity index (χ1v) is 7.07. The van der Waals surface area contributed by atoms with Crippen LogP contribution in [0.25, 0.3) is 5.65 Å². The van der Waals surface area contributed by atoms with E-state index in [0.717, 1.165) is 22.3 Å². The van der Waals surface area contributed by atoms with Crippen LogP contribution in [-0.4, -0.2) is 14.6 Å². The second kappa shape index (κ2) is 4.71. The van der Waals surface area contributed by atoms with Crippen LogP contribution in [0.4, 0.5) is 13.2 Å². The van der Waals surface area contributed by atoms with Crippen LogP contribution in [0.5, 0.6) is 0 Å². The maximum Gasteiger partial charge on any atom is 0.234 e. The predicted molar refractivity (Wildman–Crippen MR) is 74.4 cm³/mol. The summed E-state index contributed by atoms with van der Waals surface area (Å²) in [5, 5.41) is 4.00. The number of hydrogen-bond donors (Lipinski definition) is 0. The molecule has 0 N–H and O–H groups in total. The predicted octanol–water partition coefficient (Wildman–Crippen LogP) is 4.07. The highest BCUT2D eigenvalue weighted by atomic mass is 35.5. The topological polar surface area (TPSA) is 30.2 Å². The molecule has 0 amide bonds. The molecule has 1 aliphatic rings. The fourth-order valence-corrected chi connectivity index (χ4v) is 3.08. The Bertz CT molecular complexity index is 893. The summed E-state index contributed by atoms with van der Waals surface area (Å²) in [7, 11) is 0. The molecular formula is C15H9ClF3N3. The zero-order valence-corrected chi connectivity index (χ0v) is 11.9. The molecule has 2 heterocycles. The van der Waals surface area contributed by atoms with Crippen molar-refractivity contribution in [2.75, 3.05) is 0 Å². The molecule has 0 spiro atoms. The van der Waals surface area contributed by atoms with Gasteiger partial charge in [0.15, 0.2) is 10.8 Å². The van der Waals surface area contributed by atoms with E-state index in [1.54, 1.807) is 6.07 Å². The van der Waals surface area contributed by atoms with Crippen LogP contribution < -0.4 is 0 Å². The number of fused-ring (bicyclic) bond motifs is 1. The van der Waals surface area contributed by atoms with Gasteiger partial charge >= 0.3 is 0 Å². The summed E-state index contributed by atoms with van der Waals surface area (Å²) >= 11 is 5.92. The van der Waals surface area contributed by atoms with Crippen LogP contribution in [0.2, 0.25) is 5.15 Å². The van der Waals surface area contributed by atoms with Crippen LogP contribution in [-0.2, 0) is 0 Å². The third kappa shape index (κ3) is 2.06. The lowest BCUT2D eigenvalue weighted by atomic mass is 10.1. The van der Waals surface area contributed by atoms with Gasteiger partial charge in [-0.2, -0.15) is 14.0 Å². The summed E-state index contributed by atoms with van der Waals surface area (Å²) in [6, 6.07) is 5.17. The molecule has 1 fully saturated rings. The summed E-state index contributed by atoms with van der Waals surface area (Å²) in [4.78, 5) is 4.00. The van der Waals surface area contributed by atoms with Gasteiger partial charge in [-0.3, -0.25) is 0 Å². The normalized spacial score (nSPS) is 20.5. The lowest BCUT2D eigenvalue weighted by Gasteiger charge is -2.05. The summed E-state index contributed by atoms with van der Waals surface area (Å²) < 4.78 is 41.5. The monoisotopic (exact) mass is 323 g/mol. The number of rotatable bonds is 2. The Morgan fingerprint density at radius 1 is 1.09 bits per heavy atom. The number of benzene rings is 1. The zero-order valence-electron chi connectivity index (χ0n) is 11.1. The molecule has 1 aromatic carbocycles. The van der Waals surface area contributed by atoms with E-state index in [1.807, 2.05) is 0 Å². The van der Waals surface area contributed by atoms with Gasteiger partial charge in [0.2, 0.25) is 5.95 Å². The first-order chi connectivity index (χ1) is 10.5. The maximum absolute atomic E-state index is 13.9. The fraction of sp³-hybridized carbons (Fsp3) is 0.200. The van der Waals surface area contributed by atoms with Gasteiger partial charge < -0.3 is 0 Å². The first kappa shape index (κ1) is 13.6. The van der Waals surface area contributed by atoms with Crippen molar-refractivity contribution >= 4 is 17.2 Å². The Balaban J connectivity index is 1.76. The SMILES string of the molecule is Fc1ccc(C2C[C@@H]2c2cc(Cl)nn3c(F)cnc23)c(F)c1. The summed E-state index contributed by atoms with van der Waals surface area (Å²) in [6.45, 7) is 0. The van der Waals surface area contributed by atoms with Crippen molar-refractivity contribution in [2.45, 2.75) is 18.3 Å². The molecule has 112 valence electrons. The molecule has 1 unspecified atom stereocenters. The van der Waals surface area contributed by atoms with Crippen LogP contribution in [0.15, 0.2) is 30.5 Å². The van der Waals surface area contributed by atoms with Gasteiger partial charge in [0.25, 0.3) is 0 Å². The molecule has 2 aromatic heterocycles. The highest BCUT2D eigenvalue weighted by Gasteiger charge is 2.42. The van der Waals surface area contributed by atoms with Crippen molar-refractivity contribution in [3.63, 3.8) is 0 Å². The molecule has 0 radical (unpaired) electrons. The smallest absolute Gasteiger partial charge is 0.232 e. The van der Waals surface area contributed by atoms with Gasteiger partial charge in [-0.15, -0.1) is 0 Å². The van der Waals surface area contributed by atoms with Gasteiger partial charge in [0, 0.05) is 11.6 Å². The largest absolute Gasteiger partial charge is 0.234 e. The number of hydrogen-bond acceptors (Lipinski definition) is 2. The molecule has 0 aliphatic heterocycles. The van der Waals surface area contributed by atoms with Crippen molar-refractivity contribution < 1.29 is 13.2 Å². The number of halogens is 4. The molecule has 1 saturated carbocycles. The lowest BCUT2D eigenvalue weighted by molar-refractivity contribution is 0.548. The molecule has 0 saturated heterocycles. The average Bonchev–Trinajstić information content (AvgIpc) is 3.16. The maximum atomic E-state index is 13.9. The van der Waals surface area contributed by atoms with Gasteiger partial charge in [0.05, 0.1) is 6.20 Å². The van der Waals surface area contributed by atoms with Crippen LogP contribution in [0.1, 0.15) is 29.4 Å². The molecule has 2 atom stereocenters. The van der Waals surface area contributed by atoms with E-state index in [9.17, 15) is 13.2 Å². The van der Waals surface area contributed by atoms with Crippen molar-refractivity contribution in [1.29, 1.82) is 0 Å². The first-order valence-electron chi connectivity index (χ1n) is 6.69. The van der Waals surface area contributed by atoms with E-state index in [0.29, 0.717) is 17.6 Å². The Morgan fingerprint density at radius 2 is 1.86 bits per heavy atom. The van der Waals surface area contributed by atoms with Gasteiger partial charge in [0.1, 0.15) is 11.6 Å². The highest BCUT2D eigenvalue weighted by molar-refractivity contribution is 6.29. The fourth-order valence-electron chi connectivity index (χ4n) is 2.89. The third-order valence-electron chi connectivity index (χ3n) is 3.98. The Morgan fingerprint density at radius 3 is 2.64 bits per heavy atom. The summed E-state index contributed by atoms with van der Waals surface area (Å²) in [5.41, 5.74) is 1.54. The van der Waals surface area contributed by atoms with E-state index in [-0.39, 0.29) is 17.0 Å². The molecule has 22 heavy (non-hydrogen) atoms. The minimum absolute atomic E-state index is 0.0373. The Kier molecular flexibility index (Phi) is 2.91. The molecule has 1 aliphatic carbocycles. The Hall–Kier alpha value is -2.08. The standard InChI is InChI=1S/C15H9ClF3N3/c16-13-5-11(15-20-6-14(19)22(15)21-13)10-4-9(10)8-2-1-7(17)3-12(8)18/h1-3,5-6,9-10H,4H2/t9?,10-/m0/s1. The van der Waals surface area contributed by atoms with Crippen LogP contribution in [0, 0.1) is 17.6 Å². The Labute approximate surface area is 128 Å². The van der Waals surface area contributed by atoms with Crippen molar-refractivity contribution in [2.24, 2.45) is 0 Å². The molecule has 0 bridgehead atoms. The second-order valence-corrected chi connectivity index (χ2v) is 5.74. The number of imidazole rings is 1. The molecule has 7 heteroatoms. The van der Waals surface area contributed by atoms with Crippen molar-refractivity contribution in [3.8, 4) is 0 Å². The van der Waals surface area contributed by atoms with E-state index in [4.69, 9.17) is 11.6 Å². The number of aromatic nitrogens is 3. The quantitative estimate of drug-likeness (QED) is 0.711. The molecular weight excluding hydrogens is 315 g/mol. The van der Waals surface area contributed by atoms with Gasteiger partial charge in [-0.25, -0.2) is 13.8 Å². The molecule has 3 nitrogen and oxygen atoms in total. The zero-order chi connectivity index (χ0) is 15.4. The lowest BCUT2D eigenvalue weighted by Crippen LogP contribution is -1.99. The van der Waals surface area contributed by atoms with E-state index < -0.39 is 17.6 Å². The molecule has 4 rings (SSSR count). The summed E-state index contributed by atoms with van der Waals surface area (Å²) in [6.07, 6.45) is 1.74. The third-order valence-corrected chi connectivity index (χ3v) is 4.16. The average molecular weight is 324 g/mol. The van der Waals surface area contributed by atoms with Gasteiger partial charge in [-0.1, -0.05) is 17.7 Å². The van der Waals surface area contributed by atoms with E-state index in [1.165, 1.54) is 12.1 Å².